The first kappa shape index (κ1) is 22.3. The van der Waals surface area contributed by atoms with E-state index in [1.807, 2.05) is 53.6 Å². The van der Waals surface area contributed by atoms with Crippen LogP contribution in [0.25, 0.3) is 10.2 Å². The second-order valence-corrected chi connectivity index (χ2v) is 9.52. The topological polar surface area (TPSA) is 64.7 Å². The van der Waals surface area contributed by atoms with Crippen molar-refractivity contribution in [2.45, 2.75) is 19.5 Å². The van der Waals surface area contributed by atoms with E-state index in [9.17, 15) is 9.18 Å². The number of carbonyl (C=O) groups is 1. The van der Waals surface area contributed by atoms with E-state index in [1.165, 1.54) is 23.5 Å². The molecule has 2 aromatic carbocycles. The zero-order valence-corrected chi connectivity index (χ0v) is 20.1. The van der Waals surface area contributed by atoms with Crippen LogP contribution in [0.5, 0.6) is 0 Å². The molecule has 3 heterocycles. The van der Waals surface area contributed by atoms with E-state index in [0.717, 1.165) is 21.5 Å². The molecule has 3 aromatic heterocycles. The summed E-state index contributed by atoms with van der Waals surface area (Å²) < 4.78 is 17.7. The van der Waals surface area contributed by atoms with Crippen LogP contribution >= 0.6 is 22.9 Å². The summed E-state index contributed by atoms with van der Waals surface area (Å²) in [5.41, 5.74) is 2.54. The van der Waals surface area contributed by atoms with Crippen LogP contribution in [-0.4, -0.2) is 25.2 Å². The molecule has 9 heteroatoms. The average Bonchev–Trinajstić information content (AvgIpc) is 3.51. The molecule has 0 aliphatic rings. The van der Waals surface area contributed by atoms with Crippen LogP contribution in [0.4, 0.5) is 4.39 Å². The van der Waals surface area contributed by atoms with Gasteiger partial charge in [-0.25, -0.2) is 9.37 Å². The van der Waals surface area contributed by atoms with E-state index in [1.54, 1.807) is 24.5 Å². The SMILES string of the molecule is Cc1nn(Cc2ccc(Cl)cc2)c2sc(C(=O)NC(c3cccc(F)c3)c3nccn3C)cc12. The van der Waals surface area contributed by atoms with Gasteiger partial charge < -0.3 is 9.88 Å². The lowest BCUT2D eigenvalue weighted by molar-refractivity contribution is 0.0945. The minimum absolute atomic E-state index is 0.254. The molecule has 0 aliphatic heterocycles. The van der Waals surface area contributed by atoms with Gasteiger partial charge in [0.2, 0.25) is 0 Å². The third-order valence-corrected chi connectivity index (χ3v) is 7.05. The molecule has 6 nitrogen and oxygen atoms in total. The first-order chi connectivity index (χ1) is 16.4. The predicted molar refractivity (Wildman–Crippen MR) is 132 cm³/mol. The van der Waals surface area contributed by atoms with E-state index >= 15 is 0 Å². The van der Waals surface area contributed by atoms with Gasteiger partial charge in [-0.1, -0.05) is 35.9 Å². The minimum atomic E-state index is -0.597. The van der Waals surface area contributed by atoms with Gasteiger partial charge in [-0.05, 0) is 48.4 Å². The molecule has 0 saturated heterocycles. The Morgan fingerprint density at radius 2 is 2.00 bits per heavy atom. The van der Waals surface area contributed by atoms with Crippen LogP contribution in [0.1, 0.15) is 38.4 Å². The van der Waals surface area contributed by atoms with Crippen LogP contribution < -0.4 is 5.32 Å². The predicted octanol–water partition coefficient (Wildman–Crippen LogP) is 5.50. The normalized spacial score (nSPS) is 12.2. The maximum absolute atomic E-state index is 14.0. The molecule has 0 bridgehead atoms. The Labute approximate surface area is 204 Å². The van der Waals surface area contributed by atoms with Crippen molar-refractivity contribution in [3.8, 4) is 0 Å². The van der Waals surface area contributed by atoms with Crippen LogP contribution in [-0.2, 0) is 13.6 Å². The molecular formula is C25H21ClFN5OS. The van der Waals surface area contributed by atoms with Crippen molar-refractivity contribution in [2.24, 2.45) is 7.05 Å². The third kappa shape index (κ3) is 4.34. The number of benzene rings is 2. The van der Waals surface area contributed by atoms with Crippen molar-refractivity contribution in [1.82, 2.24) is 24.6 Å². The molecule has 1 unspecified atom stereocenters. The monoisotopic (exact) mass is 493 g/mol. The lowest BCUT2D eigenvalue weighted by atomic mass is 10.1. The molecule has 0 saturated carbocycles. The van der Waals surface area contributed by atoms with Gasteiger partial charge in [-0.3, -0.25) is 9.48 Å². The number of halogens is 2. The molecule has 0 radical (unpaired) electrons. The highest BCUT2D eigenvalue weighted by molar-refractivity contribution is 7.20. The highest BCUT2D eigenvalue weighted by Crippen LogP contribution is 2.30. The summed E-state index contributed by atoms with van der Waals surface area (Å²) in [5, 5.41) is 9.30. The van der Waals surface area contributed by atoms with Crippen LogP contribution in [0, 0.1) is 12.7 Å². The van der Waals surface area contributed by atoms with Gasteiger partial charge in [0, 0.05) is 29.9 Å². The Morgan fingerprint density at radius 3 is 2.71 bits per heavy atom. The number of nitrogens with one attached hydrogen (secondary N) is 1. The fourth-order valence-corrected chi connectivity index (χ4v) is 5.13. The van der Waals surface area contributed by atoms with Gasteiger partial charge >= 0.3 is 0 Å². The molecule has 0 spiro atoms. The van der Waals surface area contributed by atoms with Crippen molar-refractivity contribution >= 4 is 39.1 Å². The Kier molecular flexibility index (Phi) is 5.93. The average molecular weight is 494 g/mol. The summed E-state index contributed by atoms with van der Waals surface area (Å²) in [5.74, 6) is -0.00760. The fourth-order valence-electron chi connectivity index (χ4n) is 3.94. The molecule has 5 rings (SSSR count). The van der Waals surface area contributed by atoms with E-state index in [4.69, 9.17) is 11.6 Å². The van der Waals surface area contributed by atoms with E-state index in [2.05, 4.69) is 15.4 Å². The van der Waals surface area contributed by atoms with Crippen molar-refractivity contribution in [1.29, 1.82) is 0 Å². The Balaban J connectivity index is 1.46. The second-order valence-electron chi connectivity index (χ2n) is 8.06. The smallest absolute Gasteiger partial charge is 0.262 e. The van der Waals surface area contributed by atoms with E-state index in [-0.39, 0.29) is 11.7 Å². The van der Waals surface area contributed by atoms with Crippen molar-refractivity contribution in [3.05, 3.63) is 105 Å². The molecule has 1 amide bonds. The molecule has 172 valence electrons. The first-order valence-electron chi connectivity index (χ1n) is 10.6. The molecule has 0 fully saturated rings. The quantitative estimate of drug-likeness (QED) is 0.339. The number of aromatic nitrogens is 4. The zero-order chi connectivity index (χ0) is 23.8. The number of rotatable bonds is 6. The number of imidazole rings is 1. The number of hydrogen-bond acceptors (Lipinski definition) is 4. The van der Waals surface area contributed by atoms with E-state index in [0.29, 0.717) is 27.8 Å². The van der Waals surface area contributed by atoms with Crippen molar-refractivity contribution < 1.29 is 9.18 Å². The summed E-state index contributed by atoms with van der Waals surface area (Å²) in [6.45, 7) is 2.50. The summed E-state index contributed by atoms with van der Waals surface area (Å²) >= 11 is 7.38. The fraction of sp³-hybridized carbons (Fsp3) is 0.160. The standard InChI is InChI=1S/C25H21ClFN5OS/c1-15-20-13-21(34-25(20)32(30-15)14-16-6-8-18(26)9-7-16)24(33)29-22(23-28-10-11-31(23)2)17-4-3-5-19(27)12-17/h3-13,22H,14H2,1-2H3,(H,29,33). The number of fused-ring (bicyclic) bond motifs is 1. The van der Waals surface area contributed by atoms with Crippen molar-refractivity contribution in [3.63, 3.8) is 0 Å². The number of aryl methyl sites for hydroxylation is 2. The lowest BCUT2D eigenvalue weighted by Crippen LogP contribution is -2.30. The maximum atomic E-state index is 14.0. The summed E-state index contributed by atoms with van der Waals surface area (Å²) in [6, 6.07) is 15.1. The molecular weight excluding hydrogens is 473 g/mol. The highest BCUT2D eigenvalue weighted by atomic mass is 35.5. The number of nitrogens with zero attached hydrogens (tertiary/aromatic N) is 4. The maximum Gasteiger partial charge on any atom is 0.262 e. The summed E-state index contributed by atoms with van der Waals surface area (Å²) in [6.07, 6.45) is 3.45. The first-order valence-corrected chi connectivity index (χ1v) is 11.8. The lowest BCUT2D eigenvalue weighted by Gasteiger charge is -2.19. The van der Waals surface area contributed by atoms with E-state index < -0.39 is 6.04 Å². The minimum Gasteiger partial charge on any atom is -0.337 e. The van der Waals surface area contributed by atoms with Gasteiger partial charge in [-0.2, -0.15) is 5.10 Å². The van der Waals surface area contributed by atoms with Crippen LogP contribution in [0.2, 0.25) is 5.02 Å². The third-order valence-electron chi connectivity index (χ3n) is 5.65. The summed E-state index contributed by atoms with van der Waals surface area (Å²) in [7, 11) is 1.84. The van der Waals surface area contributed by atoms with Gasteiger partial charge in [-0.15, -0.1) is 11.3 Å². The zero-order valence-electron chi connectivity index (χ0n) is 18.5. The van der Waals surface area contributed by atoms with Gasteiger partial charge in [0.15, 0.2) is 0 Å². The van der Waals surface area contributed by atoms with Gasteiger partial charge in [0.1, 0.15) is 22.5 Å². The summed E-state index contributed by atoms with van der Waals surface area (Å²) in [4.78, 5) is 19.2. The highest BCUT2D eigenvalue weighted by Gasteiger charge is 2.24. The Hall–Kier alpha value is -3.49. The number of thiophene rings is 1. The van der Waals surface area contributed by atoms with Gasteiger partial charge in [0.05, 0.1) is 17.1 Å². The molecule has 1 atom stereocenters. The Morgan fingerprint density at radius 1 is 1.21 bits per heavy atom. The number of amides is 1. The van der Waals surface area contributed by atoms with Crippen LogP contribution in [0.15, 0.2) is 67.0 Å². The largest absolute Gasteiger partial charge is 0.337 e. The van der Waals surface area contributed by atoms with Crippen molar-refractivity contribution in [2.75, 3.05) is 0 Å². The molecule has 34 heavy (non-hydrogen) atoms. The Bertz CT molecular complexity index is 1490. The number of carbonyl (C=O) groups excluding carboxylic acids is 1. The van der Waals surface area contributed by atoms with Crippen LogP contribution in [0.3, 0.4) is 0 Å². The number of hydrogen-bond donors (Lipinski definition) is 1. The van der Waals surface area contributed by atoms with Gasteiger partial charge in [0.25, 0.3) is 5.91 Å². The molecule has 1 N–H and O–H groups in total. The molecule has 5 aromatic rings. The second kappa shape index (κ2) is 9.04. The molecule has 0 aliphatic carbocycles.